The first-order valence-electron chi connectivity index (χ1n) is 9.53. The van der Waals surface area contributed by atoms with E-state index in [-0.39, 0.29) is 11.3 Å². The second-order valence-electron chi connectivity index (χ2n) is 6.61. The number of benzene rings is 2. The minimum absolute atomic E-state index is 0.0141. The van der Waals surface area contributed by atoms with Gasteiger partial charge in [0.2, 0.25) is 0 Å². The van der Waals surface area contributed by atoms with Crippen molar-refractivity contribution in [1.29, 1.82) is 0 Å². The van der Waals surface area contributed by atoms with Crippen LogP contribution in [0, 0.1) is 0 Å². The number of halogens is 1. The number of fused-ring (bicyclic) bond motifs is 1. The molecule has 0 fully saturated rings. The Hall–Kier alpha value is -2.35. The highest BCUT2D eigenvalue weighted by Gasteiger charge is 2.14. The average Bonchev–Trinajstić information content (AvgIpc) is 2.72. The van der Waals surface area contributed by atoms with Gasteiger partial charge in [-0.2, -0.15) is 0 Å². The minimum Gasteiger partial charge on any atom is -0.494 e. The van der Waals surface area contributed by atoms with Crippen molar-refractivity contribution in [3.8, 4) is 5.75 Å². The van der Waals surface area contributed by atoms with Crippen molar-refractivity contribution >= 4 is 40.0 Å². The van der Waals surface area contributed by atoms with E-state index in [9.17, 15) is 9.59 Å². The molecule has 0 atom stereocenters. The van der Waals surface area contributed by atoms with Gasteiger partial charge in [-0.05, 0) is 50.2 Å². The van der Waals surface area contributed by atoms with Crippen LogP contribution in [0.25, 0.3) is 10.9 Å². The predicted molar refractivity (Wildman–Crippen MR) is 120 cm³/mol. The van der Waals surface area contributed by atoms with Gasteiger partial charge in [-0.1, -0.05) is 23.4 Å². The van der Waals surface area contributed by atoms with E-state index in [1.807, 2.05) is 19.1 Å². The highest BCUT2D eigenvalue weighted by Crippen LogP contribution is 2.29. The standard InChI is InChI=1S/C22H23ClN2O4S/c1-4-29-20-8-5-15(14(2)26)11-16(20)13-30-22-24-19-12-17(23)6-7-18(19)21(27)25(22)9-10-28-3/h5-8,11-12H,4,9-10,13H2,1-3H3. The van der Waals surface area contributed by atoms with Crippen molar-refractivity contribution in [3.05, 3.63) is 62.9 Å². The second kappa shape index (κ2) is 10.1. The summed E-state index contributed by atoms with van der Waals surface area (Å²) in [7, 11) is 1.59. The number of ether oxygens (including phenoxy) is 2. The number of nitrogens with zero attached hydrogens (tertiary/aromatic N) is 2. The summed E-state index contributed by atoms with van der Waals surface area (Å²) in [6.07, 6.45) is 0. The molecule has 1 heterocycles. The summed E-state index contributed by atoms with van der Waals surface area (Å²) in [4.78, 5) is 29.5. The topological polar surface area (TPSA) is 70.4 Å². The summed E-state index contributed by atoms with van der Waals surface area (Å²) in [6.45, 7) is 4.73. The van der Waals surface area contributed by atoms with Gasteiger partial charge < -0.3 is 9.47 Å². The van der Waals surface area contributed by atoms with Crippen molar-refractivity contribution in [2.75, 3.05) is 20.3 Å². The van der Waals surface area contributed by atoms with Crippen molar-refractivity contribution in [2.45, 2.75) is 31.3 Å². The molecule has 0 aliphatic carbocycles. The third-order valence-corrected chi connectivity index (χ3v) is 5.79. The summed E-state index contributed by atoms with van der Waals surface area (Å²) in [5, 5.41) is 1.59. The van der Waals surface area contributed by atoms with Crippen molar-refractivity contribution in [2.24, 2.45) is 0 Å². The lowest BCUT2D eigenvalue weighted by Gasteiger charge is -2.15. The van der Waals surface area contributed by atoms with Gasteiger partial charge in [-0.15, -0.1) is 0 Å². The zero-order valence-electron chi connectivity index (χ0n) is 17.1. The van der Waals surface area contributed by atoms with E-state index in [1.54, 1.807) is 35.9 Å². The quantitative estimate of drug-likeness (QED) is 0.272. The number of aromatic nitrogens is 2. The third kappa shape index (κ3) is 5.03. The molecule has 0 amide bonds. The maximum atomic E-state index is 13.0. The maximum absolute atomic E-state index is 13.0. The van der Waals surface area contributed by atoms with Crippen molar-refractivity contribution in [3.63, 3.8) is 0 Å². The van der Waals surface area contributed by atoms with Gasteiger partial charge in [-0.25, -0.2) is 4.98 Å². The molecule has 2 aromatic carbocycles. The van der Waals surface area contributed by atoms with Gasteiger partial charge in [0.1, 0.15) is 5.75 Å². The molecular formula is C22H23ClN2O4S. The summed E-state index contributed by atoms with van der Waals surface area (Å²) >= 11 is 7.51. The molecule has 0 N–H and O–H groups in total. The fraction of sp³-hybridized carbons (Fsp3) is 0.318. The zero-order valence-corrected chi connectivity index (χ0v) is 18.7. The van der Waals surface area contributed by atoms with Gasteiger partial charge in [-0.3, -0.25) is 14.2 Å². The van der Waals surface area contributed by atoms with Crippen LogP contribution in [-0.4, -0.2) is 35.7 Å². The summed E-state index contributed by atoms with van der Waals surface area (Å²) < 4.78 is 12.5. The fourth-order valence-electron chi connectivity index (χ4n) is 3.01. The molecule has 30 heavy (non-hydrogen) atoms. The summed E-state index contributed by atoms with van der Waals surface area (Å²) in [5.41, 5.74) is 1.89. The van der Waals surface area contributed by atoms with E-state index in [1.165, 1.54) is 18.7 Å². The Kier molecular flexibility index (Phi) is 7.53. The highest BCUT2D eigenvalue weighted by molar-refractivity contribution is 7.98. The van der Waals surface area contributed by atoms with E-state index in [0.717, 1.165) is 5.56 Å². The molecule has 3 rings (SSSR count). The van der Waals surface area contributed by atoms with Crippen LogP contribution >= 0.6 is 23.4 Å². The predicted octanol–water partition coefficient (Wildman–Crippen LogP) is 4.59. The average molecular weight is 447 g/mol. The molecule has 0 radical (unpaired) electrons. The Morgan fingerprint density at radius 1 is 1.23 bits per heavy atom. The Labute approximate surface area is 184 Å². The summed E-state index contributed by atoms with van der Waals surface area (Å²) in [6, 6.07) is 10.4. The number of methoxy groups -OCH3 is 1. The lowest BCUT2D eigenvalue weighted by molar-refractivity contribution is 0.101. The van der Waals surface area contributed by atoms with Crippen LogP contribution in [0.1, 0.15) is 29.8 Å². The van der Waals surface area contributed by atoms with Crippen LogP contribution in [0.3, 0.4) is 0 Å². The smallest absolute Gasteiger partial charge is 0.262 e. The molecule has 158 valence electrons. The van der Waals surface area contributed by atoms with E-state index in [4.69, 9.17) is 21.1 Å². The largest absolute Gasteiger partial charge is 0.494 e. The van der Waals surface area contributed by atoms with Crippen LogP contribution in [0.5, 0.6) is 5.75 Å². The molecule has 0 aliphatic heterocycles. The van der Waals surface area contributed by atoms with Gasteiger partial charge in [0.15, 0.2) is 10.9 Å². The van der Waals surface area contributed by atoms with Crippen LogP contribution in [-0.2, 0) is 17.0 Å². The Balaban J connectivity index is 2.01. The summed E-state index contributed by atoms with van der Waals surface area (Å²) in [5.74, 6) is 1.19. The van der Waals surface area contributed by atoms with Crippen LogP contribution in [0.15, 0.2) is 46.3 Å². The molecule has 8 heteroatoms. The van der Waals surface area contributed by atoms with E-state index >= 15 is 0 Å². The SMILES string of the molecule is CCOc1ccc(C(C)=O)cc1CSc1nc2cc(Cl)ccc2c(=O)n1CCOC. The molecule has 0 unspecified atom stereocenters. The number of Topliss-reactive ketones (excluding diaryl/α,β-unsaturated/α-hetero) is 1. The molecule has 0 saturated carbocycles. The maximum Gasteiger partial charge on any atom is 0.262 e. The zero-order chi connectivity index (χ0) is 21.7. The fourth-order valence-corrected chi connectivity index (χ4v) is 4.18. The number of rotatable bonds is 9. The monoisotopic (exact) mass is 446 g/mol. The normalized spacial score (nSPS) is 11.1. The molecule has 3 aromatic rings. The third-order valence-electron chi connectivity index (χ3n) is 4.52. The second-order valence-corrected chi connectivity index (χ2v) is 7.98. The van der Waals surface area contributed by atoms with Gasteiger partial charge in [0, 0.05) is 29.0 Å². The first kappa shape index (κ1) is 22.3. The van der Waals surface area contributed by atoms with Gasteiger partial charge in [0.25, 0.3) is 5.56 Å². The molecule has 6 nitrogen and oxygen atoms in total. The van der Waals surface area contributed by atoms with Crippen LogP contribution in [0.4, 0.5) is 0 Å². The number of hydrogen-bond donors (Lipinski definition) is 0. The van der Waals surface area contributed by atoms with E-state index in [0.29, 0.717) is 57.9 Å². The molecule has 1 aromatic heterocycles. The number of carbonyl (C=O) groups excluding carboxylic acids is 1. The Morgan fingerprint density at radius 2 is 2.03 bits per heavy atom. The van der Waals surface area contributed by atoms with Crippen molar-refractivity contribution < 1.29 is 14.3 Å². The van der Waals surface area contributed by atoms with Crippen molar-refractivity contribution in [1.82, 2.24) is 9.55 Å². The highest BCUT2D eigenvalue weighted by atomic mass is 35.5. The Morgan fingerprint density at radius 3 is 2.73 bits per heavy atom. The lowest BCUT2D eigenvalue weighted by Crippen LogP contribution is -2.25. The number of ketones is 1. The van der Waals surface area contributed by atoms with Crippen LogP contribution < -0.4 is 10.3 Å². The first-order valence-corrected chi connectivity index (χ1v) is 10.9. The van der Waals surface area contributed by atoms with E-state index in [2.05, 4.69) is 4.98 Å². The first-order chi connectivity index (χ1) is 14.4. The molecule has 0 bridgehead atoms. The van der Waals surface area contributed by atoms with Gasteiger partial charge >= 0.3 is 0 Å². The molecule has 0 spiro atoms. The lowest BCUT2D eigenvalue weighted by atomic mass is 10.1. The Bertz CT molecular complexity index is 1130. The number of thioether (sulfide) groups is 1. The molecular weight excluding hydrogens is 424 g/mol. The molecule has 0 saturated heterocycles. The van der Waals surface area contributed by atoms with E-state index < -0.39 is 0 Å². The minimum atomic E-state index is -0.140. The number of hydrogen-bond acceptors (Lipinski definition) is 6. The van der Waals surface area contributed by atoms with Crippen LogP contribution in [0.2, 0.25) is 5.02 Å². The number of carbonyl (C=O) groups is 1. The molecule has 0 aliphatic rings. The van der Waals surface area contributed by atoms with Gasteiger partial charge in [0.05, 0.1) is 30.7 Å².